The fraction of sp³-hybridized carbons (Fsp3) is 0.133. The Bertz CT molecular complexity index is 951. The van der Waals surface area contributed by atoms with Gasteiger partial charge in [0.1, 0.15) is 5.69 Å². The average Bonchev–Trinajstić information content (AvgIpc) is 3.18. The number of aromatic amines is 2. The number of nitrogens with one attached hydrogen (secondary N) is 2. The summed E-state index contributed by atoms with van der Waals surface area (Å²) in [4.78, 5) is 11.4. The van der Waals surface area contributed by atoms with Crippen LogP contribution < -0.4 is 0 Å². The van der Waals surface area contributed by atoms with E-state index in [0.717, 1.165) is 11.3 Å². The number of nitrogens with zero attached hydrogens (tertiary/aromatic N) is 4. The summed E-state index contributed by atoms with van der Waals surface area (Å²) in [6.45, 7) is 1.90. The van der Waals surface area contributed by atoms with Crippen LogP contribution in [-0.4, -0.2) is 44.4 Å². The van der Waals surface area contributed by atoms with Gasteiger partial charge in [-0.05, 0) is 42.9 Å². The molecule has 1 aromatic carbocycles. The van der Waals surface area contributed by atoms with Crippen molar-refractivity contribution in [2.45, 2.75) is 6.92 Å². The van der Waals surface area contributed by atoms with Crippen molar-refractivity contribution in [2.75, 3.05) is 7.11 Å². The lowest BCUT2D eigenvalue weighted by Gasteiger charge is -2.00. The fourth-order valence-electron chi connectivity index (χ4n) is 2.04. The zero-order chi connectivity index (χ0) is 17.1. The Kier molecular flexibility index (Phi) is 4.34. The number of rotatable bonds is 4. The van der Waals surface area contributed by atoms with Crippen LogP contribution in [0.3, 0.4) is 0 Å². The Morgan fingerprint density at radius 3 is 2.67 bits per heavy atom. The standard InChI is InChI=1S/C15H14N6O2S/c1-9-7-12(18-17-9)13-19-20-15(24)21(13)16-8-10-3-5-11(6-4-10)14(22)23-2/h3-8H,1-2H3,(H,17,18)(H,20,24). The van der Waals surface area contributed by atoms with E-state index in [0.29, 0.717) is 21.9 Å². The van der Waals surface area contributed by atoms with Crippen LogP contribution in [0.15, 0.2) is 35.4 Å². The Labute approximate surface area is 142 Å². The topological polar surface area (TPSA) is 101 Å². The van der Waals surface area contributed by atoms with Gasteiger partial charge in [0.15, 0.2) is 0 Å². The van der Waals surface area contributed by atoms with E-state index < -0.39 is 0 Å². The molecule has 0 radical (unpaired) electrons. The molecular weight excluding hydrogens is 328 g/mol. The van der Waals surface area contributed by atoms with Crippen LogP contribution >= 0.6 is 12.2 Å². The Morgan fingerprint density at radius 1 is 1.29 bits per heavy atom. The quantitative estimate of drug-likeness (QED) is 0.430. The molecule has 3 aromatic rings. The number of esters is 1. The second-order valence-electron chi connectivity index (χ2n) is 4.96. The third-order valence-corrected chi connectivity index (χ3v) is 3.50. The molecule has 2 aromatic heterocycles. The van der Waals surface area contributed by atoms with Gasteiger partial charge < -0.3 is 4.74 Å². The van der Waals surface area contributed by atoms with Gasteiger partial charge in [-0.2, -0.15) is 20.0 Å². The third kappa shape index (κ3) is 3.15. The molecule has 0 atom stereocenters. The van der Waals surface area contributed by atoms with Crippen molar-refractivity contribution in [3.05, 3.63) is 51.9 Å². The van der Waals surface area contributed by atoms with Crippen LogP contribution in [0.1, 0.15) is 21.6 Å². The van der Waals surface area contributed by atoms with Crippen molar-refractivity contribution in [3.63, 3.8) is 0 Å². The highest BCUT2D eigenvalue weighted by Gasteiger charge is 2.11. The summed E-state index contributed by atoms with van der Waals surface area (Å²) in [6.07, 6.45) is 1.62. The molecule has 0 fully saturated rings. The molecule has 0 saturated carbocycles. The lowest BCUT2D eigenvalue weighted by atomic mass is 10.1. The largest absolute Gasteiger partial charge is 0.465 e. The van der Waals surface area contributed by atoms with Crippen molar-refractivity contribution in [1.82, 2.24) is 25.1 Å². The number of carbonyl (C=O) groups excluding carboxylic acids is 1. The van der Waals surface area contributed by atoms with Crippen molar-refractivity contribution < 1.29 is 9.53 Å². The molecule has 0 aliphatic carbocycles. The first-order chi connectivity index (χ1) is 11.6. The second-order valence-corrected chi connectivity index (χ2v) is 5.35. The van der Waals surface area contributed by atoms with Gasteiger partial charge in [0, 0.05) is 5.69 Å². The second kappa shape index (κ2) is 6.59. The number of aryl methyl sites for hydroxylation is 1. The highest BCUT2D eigenvalue weighted by molar-refractivity contribution is 7.71. The van der Waals surface area contributed by atoms with Gasteiger partial charge in [-0.25, -0.2) is 9.89 Å². The number of hydrogen-bond acceptors (Lipinski definition) is 6. The van der Waals surface area contributed by atoms with Gasteiger partial charge in [0.05, 0.1) is 18.9 Å². The normalized spacial score (nSPS) is 11.1. The zero-order valence-corrected chi connectivity index (χ0v) is 13.8. The van der Waals surface area contributed by atoms with E-state index in [9.17, 15) is 4.79 Å². The van der Waals surface area contributed by atoms with Crippen molar-refractivity contribution in [1.29, 1.82) is 0 Å². The first-order valence-electron chi connectivity index (χ1n) is 7.01. The highest BCUT2D eigenvalue weighted by Crippen LogP contribution is 2.15. The minimum Gasteiger partial charge on any atom is -0.465 e. The number of benzene rings is 1. The summed E-state index contributed by atoms with van der Waals surface area (Å²) in [6, 6.07) is 8.71. The van der Waals surface area contributed by atoms with Gasteiger partial charge in [0.25, 0.3) is 0 Å². The van der Waals surface area contributed by atoms with E-state index in [1.54, 1.807) is 30.5 Å². The van der Waals surface area contributed by atoms with Gasteiger partial charge in [-0.15, -0.1) is 0 Å². The first kappa shape index (κ1) is 15.8. The van der Waals surface area contributed by atoms with Crippen LogP contribution in [0, 0.1) is 11.7 Å². The summed E-state index contributed by atoms with van der Waals surface area (Å²) < 4.78 is 6.50. The molecule has 0 spiro atoms. The molecule has 0 aliphatic heterocycles. The molecule has 8 nitrogen and oxygen atoms in total. The van der Waals surface area contributed by atoms with Crippen molar-refractivity contribution >= 4 is 24.4 Å². The van der Waals surface area contributed by atoms with E-state index in [1.807, 2.05) is 13.0 Å². The van der Waals surface area contributed by atoms with Crippen molar-refractivity contribution in [2.24, 2.45) is 5.10 Å². The monoisotopic (exact) mass is 342 g/mol. The van der Waals surface area contributed by atoms with E-state index in [1.165, 1.54) is 11.8 Å². The number of carbonyl (C=O) groups is 1. The summed E-state index contributed by atoms with van der Waals surface area (Å²) in [5, 5.41) is 18.2. The first-order valence-corrected chi connectivity index (χ1v) is 7.42. The maximum atomic E-state index is 11.4. The summed E-state index contributed by atoms with van der Waals surface area (Å²) in [5.41, 5.74) is 2.82. The van der Waals surface area contributed by atoms with Crippen molar-refractivity contribution in [3.8, 4) is 11.5 Å². The molecule has 122 valence electrons. The highest BCUT2D eigenvalue weighted by atomic mass is 32.1. The maximum absolute atomic E-state index is 11.4. The molecule has 9 heteroatoms. The number of H-pyrrole nitrogens is 2. The lowest BCUT2D eigenvalue weighted by Crippen LogP contribution is -2.01. The van der Waals surface area contributed by atoms with Crippen LogP contribution in [0.2, 0.25) is 0 Å². The SMILES string of the molecule is COC(=O)c1ccc(C=Nn2c(-c3cc(C)[nH]n3)n[nH]c2=S)cc1. The van der Waals surface area contributed by atoms with Gasteiger partial charge in [-0.3, -0.25) is 5.10 Å². The molecule has 0 aliphatic rings. The van der Waals surface area contributed by atoms with Gasteiger partial charge in [-0.1, -0.05) is 12.1 Å². The molecular formula is C15H14N6O2S. The molecule has 2 heterocycles. The lowest BCUT2D eigenvalue weighted by molar-refractivity contribution is 0.0600. The number of hydrogen-bond donors (Lipinski definition) is 2. The zero-order valence-electron chi connectivity index (χ0n) is 13.0. The molecule has 3 rings (SSSR count). The molecule has 24 heavy (non-hydrogen) atoms. The number of aromatic nitrogens is 5. The van der Waals surface area contributed by atoms with E-state index in [4.69, 9.17) is 12.2 Å². The summed E-state index contributed by atoms with van der Waals surface area (Å²) in [5.74, 6) is 0.124. The minimum absolute atomic E-state index is 0.355. The van der Waals surface area contributed by atoms with E-state index in [-0.39, 0.29) is 5.97 Å². The summed E-state index contributed by atoms with van der Waals surface area (Å²) >= 11 is 5.20. The van der Waals surface area contributed by atoms with Crippen LogP contribution in [-0.2, 0) is 4.74 Å². The van der Waals surface area contributed by atoms with E-state index in [2.05, 4.69) is 30.2 Å². The molecule has 2 N–H and O–H groups in total. The predicted octanol–water partition coefficient (Wildman–Crippen LogP) is 2.31. The maximum Gasteiger partial charge on any atom is 0.337 e. The smallest absolute Gasteiger partial charge is 0.337 e. The average molecular weight is 342 g/mol. The molecule has 0 saturated heterocycles. The fourth-order valence-corrected chi connectivity index (χ4v) is 2.22. The van der Waals surface area contributed by atoms with Crippen LogP contribution in [0.5, 0.6) is 0 Å². The molecule has 0 amide bonds. The number of methoxy groups -OCH3 is 1. The van der Waals surface area contributed by atoms with Crippen LogP contribution in [0.4, 0.5) is 0 Å². The van der Waals surface area contributed by atoms with Crippen LogP contribution in [0.25, 0.3) is 11.5 Å². The Balaban J connectivity index is 1.89. The Morgan fingerprint density at radius 2 is 2.04 bits per heavy atom. The van der Waals surface area contributed by atoms with Gasteiger partial charge in [0.2, 0.25) is 10.6 Å². The molecule has 0 bridgehead atoms. The Hall–Kier alpha value is -3.07. The number of ether oxygens (including phenoxy) is 1. The van der Waals surface area contributed by atoms with Gasteiger partial charge >= 0.3 is 5.97 Å². The minimum atomic E-state index is -0.383. The third-order valence-electron chi connectivity index (χ3n) is 3.24. The summed E-state index contributed by atoms with van der Waals surface area (Å²) in [7, 11) is 1.34. The predicted molar refractivity (Wildman–Crippen MR) is 90.5 cm³/mol. The molecule has 0 unspecified atom stereocenters. The van der Waals surface area contributed by atoms with E-state index >= 15 is 0 Å².